The Balaban J connectivity index is 2.15. The van der Waals surface area contributed by atoms with Crippen LogP contribution in [0, 0.1) is 12.7 Å². The Kier molecular flexibility index (Phi) is 3.89. The normalized spacial score (nSPS) is 10.4. The van der Waals surface area contributed by atoms with Gasteiger partial charge in [0.15, 0.2) is 11.6 Å². The number of para-hydroxylation sites is 1. The monoisotopic (exact) mass is 247 g/mol. The number of rotatable bonds is 4. The minimum Gasteiger partial charge on any atom is -0.484 e. The first-order valence-electron chi connectivity index (χ1n) is 5.64. The van der Waals surface area contributed by atoms with E-state index in [-0.39, 0.29) is 19.0 Å². The Labute approximate surface area is 105 Å². The lowest BCUT2D eigenvalue weighted by molar-refractivity contribution is 0.249. The van der Waals surface area contributed by atoms with Crippen LogP contribution in [0.25, 0.3) is 0 Å². The number of pyridine rings is 1. The molecule has 0 atom stereocenters. The first-order valence-corrected chi connectivity index (χ1v) is 5.64. The van der Waals surface area contributed by atoms with E-state index < -0.39 is 5.82 Å². The smallest absolute Gasteiger partial charge is 0.165 e. The number of ether oxygens (including phenoxy) is 1. The van der Waals surface area contributed by atoms with Crippen molar-refractivity contribution in [1.82, 2.24) is 4.98 Å². The summed E-state index contributed by atoms with van der Waals surface area (Å²) in [6, 6.07) is 10.0. The standard InChI is InChI=1S/C14H14FNO2/c1-10-4-2-6-12(16-10)9-18-14-11(8-17)5-3-7-13(14)15/h2-7,17H,8-9H2,1H3. The summed E-state index contributed by atoms with van der Waals surface area (Å²) < 4.78 is 19.0. The second-order valence-corrected chi connectivity index (χ2v) is 3.95. The van der Waals surface area contributed by atoms with Gasteiger partial charge in [-0.05, 0) is 25.1 Å². The molecule has 0 aliphatic carbocycles. The van der Waals surface area contributed by atoms with Crippen LogP contribution in [0.5, 0.6) is 5.75 Å². The molecule has 0 saturated heterocycles. The number of aliphatic hydroxyl groups is 1. The van der Waals surface area contributed by atoms with E-state index in [2.05, 4.69) is 4.98 Å². The second kappa shape index (κ2) is 5.60. The Morgan fingerprint density at radius 2 is 2.00 bits per heavy atom. The summed E-state index contributed by atoms with van der Waals surface area (Å²) in [6.45, 7) is 1.80. The maximum absolute atomic E-state index is 13.6. The number of hydrogen-bond acceptors (Lipinski definition) is 3. The Hall–Kier alpha value is -1.94. The highest BCUT2D eigenvalue weighted by Crippen LogP contribution is 2.23. The Bertz CT molecular complexity index is 543. The van der Waals surface area contributed by atoms with E-state index in [1.807, 2.05) is 25.1 Å². The zero-order chi connectivity index (χ0) is 13.0. The molecule has 1 heterocycles. The number of hydrogen-bond donors (Lipinski definition) is 1. The summed E-state index contributed by atoms with van der Waals surface area (Å²) in [5.74, 6) is -0.391. The largest absolute Gasteiger partial charge is 0.484 e. The third-order valence-electron chi connectivity index (χ3n) is 2.53. The Morgan fingerprint density at radius 1 is 1.22 bits per heavy atom. The van der Waals surface area contributed by atoms with Gasteiger partial charge in [-0.2, -0.15) is 0 Å². The van der Waals surface area contributed by atoms with Crippen LogP contribution in [0.2, 0.25) is 0 Å². The lowest BCUT2D eigenvalue weighted by atomic mass is 10.2. The van der Waals surface area contributed by atoms with Gasteiger partial charge in [0.05, 0.1) is 12.3 Å². The fourth-order valence-electron chi connectivity index (χ4n) is 1.67. The molecule has 2 rings (SSSR count). The van der Waals surface area contributed by atoms with E-state index >= 15 is 0 Å². The van der Waals surface area contributed by atoms with Crippen molar-refractivity contribution in [2.75, 3.05) is 0 Å². The first-order chi connectivity index (χ1) is 8.70. The molecule has 94 valence electrons. The highest BCUT2D eigenvalue weighted by molar-refractivity contribution is 5.34. The first kappa shape index (κ1) is 12.5. The average molecular weight is 247 g/mol. The Morgan fingerprint density at radius 3 is 2.72 bits per heavy atom. The van der Waals surface area contributed by atoms with Gasteiger partial charge in [0.2, 0.25) is 0 Å². The third-order valence-corrected chi connectivity index (χ3v) is 2.53. The maximum Gasteiger partial charge on any atom is 0.165 e. The van der Waals surface area contributed by atoms with Crippen LogP contribution >= 0.6 is 0 Å². The molecule has 1 aromatic carbocycles. The molecular formula is C14H14FNO2. The quantitative estimate of drug-likeness (QED) is 0.903. The van der Waals surface area contributed by atoms with E-state index in [1.54, 1.807) is 12.1 Å². The van der Waals surface area contributed by atoms with Crippen molar-refractivity contribution in [3.63, 3.8) is 0 Å². The molecule has 2 aromatic rings. The maximum atomic E-state index is 13.6. The molecular weight excluding hydrogens is 233 g/mol. The molecule has 3 nitrogen and oxygen atoms in total. The van der Waals surface area contributed by atoms with E-state index in [0.717, 1.165) is 11.4 Å². The number of aryl methyl sites for hydroxylation is 1. The molecule has 0 radical (unpaired) electrons. The van der Waals surface area contributed by atoms with Crippen LogP contribution in [0.1, 0.15) is 17.0 Å². The predicted molar refractivity (Wildman–Crippen MR) is 65.6 cm³/mol. The van der Waals surface area contributed by atoms with E-state index in [1.165, 1.54) is 6.07 Å². The number of halogens is 1. The SMILES string of the molecule is Cc1cccc(COc2c(F)cccc2CO)n1. The molecule has 1 N–H and O–H groups in total. The zero-order valence-electron chi connectivity index (χ0n) is 10.1. The molecule has 0 spiro atoms. The summed E-state index contributed by atoms with van der Waals surface area (Å²) in [6.07, 6.45) is 0. The van der Waals surface area contributed by atoms with Crippen molar-refractivity contribution in [3.05, 3.63) is 59.2 Å². The van der Waals surface area contributed by atoms with Gasteiger partial charge in [0, 0.05) is 11.3 Å². The summed E-state index contributed by atoms with van der Waals surface area (Å²) in [5, 5.41) is 9.12. The average Bonchev–Trinajstić information content (AvgIpc) is 2.37. The summed E-state index contributed by atoms with van der Waals surface area (Å²) in [4.78, 5) is 4.26. The topological polar surface area (TPSA) is 42.4 Å². The minimum atomic E-state index is -0.478. The minimum absolute atomic E-state index is 0.0864. The lowest BCUT2D eigenvalue weighted by Crippen LogP contribution is -2.03. The molecule has 0 bridgehead atoms. The van der Waals surface area contributed by atoms with Gasteiger partial charge in [0.25, 0.3) is 0 Å². The van der Waals surface area contributed by atoms with Gasteiger partial charge in [0.1, 0.15) is 6.61 Å². The number of aliphatic hydroxyl groups excluding tert-OH is 1. The second-order valence-electron chi connectivity index (χ2n) is 3.95. The van der Waals surface area contributed by atoms with Crippen molar-refractivity contribution >= 4 is 0 Å². The van der Waals surface area contributed by atoms with Gasteiger partial charge < -0.3 is 9.84 Å². The van der Waals surface area contributed by atoms with Crippen molar-refractivity contribution in [3.8, 4) is 5.75 Å². The molecule has 0 aliphatic rings. The van der Waals surface area contributed by atoms with Crippen LogP contribution in [0.4, 0.5) is 4.39 Å². The van der Waals surface area contributed by atoms with Gasteiger partial charge >= 0.3 is 0 Å². The summed E-state index contributed by atoms with van der Waals surface area (Å²) >= 11 is 0. The van der Waals surface area contributed by atoms with Crippen LogP contribution in [-0.4, -0.2) is 10.1 Å². The zero-order valence-corrected chi connectivity index (χ0v) is 10.1. The lowest BCUT2D eigenvalue weighted by Gasteiger charge is -2.10. The van der Waals surface area contributed by atoms with Crippen LogP contribution in [0.15, 0.2) is 36.4 Å². The molecule has 0 aliphatic heterocycles. The van der Waals surface area contributed by atoms with Gasteiger partial charge in [-0.3, -0.25) is 4.98 Å². The van der Waals surface area contributed by atoms with Crippen LogP contribution in [0.3, 0.4) is 0 Å². The van der Waals surface area contributed by atoms with Gasteiger partial charge in [-0.25, -0.2) is 4.39 Å². The summed E-state index contributed by atoms with van der Waals surface area (Å²) in [5.41, 5.74) is 2.04. The molecule has 18 heavy (non-hydrogen) atoms. The molecule has 4 heteroatoms. The molecule has 0 amide bonds. The van der Waals surface area contributed by atoms with Crippen LogP contribution in [-0.2, 0) is 13.2 Å². The summed E-state index contributed by atoms with van der Waals surface area (Å²) in [7, 11) is 0. The van der Waals surface area contributed by atoms with Gasteiger partial charge in [-0.1, -0.05) is 18.2 Å². The predicted octanol–water partition coefficient (Wildman–Crippen LogP) is 2.60. The highest BCUT2D eigenvalue weighted by atomic mass is 19.1. The van der Waals surface area contributed by atoms with Crippen molar-refractivity contribution < 1.29 is 14.2 Å². The van der Waals surface area contributed by atoms with Crippen LogP contribution < -0.4 is 4.74 Å². The highest BCUT2D eigenvalue weighted by Gasteiger charge is 2.09. The molecule has 0 fully saturated rings. The molecule has 1 aromatic heterocycles. The fourth-order valence-corrected chi connectivity index (χ4v) is 1.67. The molecule has 0 unspecified atom stereocenters. The number of aromatic nitrogens is 1. The van der Waals surface area contributed by atoms with Gasteiger partial charge in [-0.15, -0.1) is 0 Å². The van der Waals surface area contributed by atoms with E-state index in [0.29, 0.717) is 5.56 Å². The third kappa shape index (κ3) is 2.84. The molecule has 0 saturated carbocycles. The van der Waals surface area contributed by atoms with E-state index in [4.69, 9.17) is 9.84 Å². The fraction of sp³-hybridized carbons (Fsp3) is 0.214. The van der Waals surface area contributed by atoms with Crippen molar-refractivity contribution in [2.24, 2.45) is 0 Å². The van der Waals surface area contributed by atoms with Crippen molar-refractivity contribution in [2.45, 2.75) is 20.1 Å². The van der Waals surface area contributed by atoms with Crippen molar-refractivity contribution in [1.29, 1.82) is 0 Å². The van der Waals surface area contributed by atoms with E-state index in [9.17, 15) is 4.39 Å². The number of benzene rings is 1. The number of nitrogens with zero attached hydrogens (tertiary/aromatic N) is 1.